The van der Waals surface area contributed by atoms with E-state index in [9.17, 15) is 14.9 Å². The number of pyridine rings is 1. The minimum absolute atomic E-state index is 0.0357. The Morgan fingerprint density at radius 3 is 2.96 bits per heavy atom. The van der Waals surface area contributed by atoms with Crippen molar-refractivity contribution in [3.63, 3.8) is 0 Å². The van der Waals surface area contributed by atoms with Crippen LogP contribution >= 0.6 is 11.8 Å². The smallest absolute Gasteiger partial charge is 0.283 e. The lowest BCUT2D eigenvalue weighted by molar-refractivity contribution is -0.387. The van der Waals surface area contributed by atoms with Gasteiger partial charge in [0.1, 0.15) is 0 Å². The first-order valence-electron chi connectivity index (χ1n) is 7.86. The van der Waals surface area contributed by atoms with Crippen molar-refractivity contribution in [1.82, 2.24) is 15.2 Å². The van der Waals surface area contributed by atoms with Crippen LogP contribution in [-0.4, -0.2) is 46.6 Å². The third kappa shape index (κ3) is 3.64. The van der Waals surface area contributed by atoms with Crippen molar-refractivity contribution in [1.29, 1.82) is 0 Å². The number of nitro benzene ring substituents is 1. The lowest BCUT2D eigenvalue weighted by Gasteiger charge is -2.36. The number of piperazine rings is 1. The Labute approximate surface area is 149 Å². The Balaban J connectivity index is 1.93. The third-order valence-electron chi connectivity index (χ3n) is 4.20. The first kappa shape index (κ1) is 17.4. The molecular weight excluding hydrogens is 340 g/mol. The van der Waals surface area contributed by atoms with Crippen LogP contribution < -0.4 is 5.32 Å². The summed E-state index contributed by atoms with van der Waals surface area (Å²) in [7, 11) is 0. The van der Waals surface area contributed by atoms with Gasteiger partial charge in [0.05, 0.1) is 15.9 Å². The molecule has 0 aliphatic carbocycles. The summed E-state index contributed by atoms with van der Waals surface area (Å²) in [6.45, 7) is 1.85. The van der Waals surface area contributed by atoms with Crippen LogP contribution in [-0.2, 0) is 0 Å². The number of carbonyl (C=O) groups excluding carboxylic acids is 1. The van der Waals surface area contributed by atoms with E-state index >= 15 is 0 Å². The molecule has 8 heteroatoms. The van der Waals surface area contributed by atoms with Crippen molar-refractivity contribution >= 4 is 23.4 Å². The Bertz CT molecular complexity index is 785. The van der Waals surface area contributed by atoms with Crippen molar-refractivity contribution in [2.24, 2.45) is 0 Å². The summed E-state index contributed by atoms with van der Waals surface area (Å²) in [5, 5.41) is 14.6. The number of benzene rings is 1. The molecule has 1 aromatic heterocycles. The highest BCUT2D eigenvalue weighted by atomic mass is 32.2. The van der Waals surface area contributed by atoms with E-state index < -0.39 is 4.92 Å². The fourth-order valence-electron chi connectivity index (χ4n) is 2.95. The Morgan fingerprint density at radius 2 is 2.28 bits per heavy atom. The third-order valence-corrected chi connectivity index (χ3v) is 4.98. The van der Waals surface area contributed by atoms with Gasteiger partial charge in [-0.25, -0.2) is 0 Å². The van der Waals surface area contributed by atoms with Gasteiger partial charge in [-0.05, 0) is 30.0 Å². The SMILES string of the molecule is CSc1ccc(C(=O)N2CCNCC2c2cccnc2)cc1[N+](=O)[O-]. The molecule has 1 aliphatic heterocycles. The molecule has 1 unspecified atom stereocenters. The van der Waals surface area contributed by atoms with Crippen LogP contribution in [0.5, 0.6) is 0 Å². The maximum absolute atomic E-state index is 13.0. The highest BCUT2D eigenvalue weighted by molar-refractivity contribution is 7.98. The maximum atomic E-state index is 13.0. The zero-order valence-corrected chi connectivity index (χ0v) is 14.5. The molecule has 0 radical (unpaired) electrons. The summed E-state index contributed by atoms with van der Waals surface area (Å²) < 4.78 is 0. The van der Waals surface area contributed by atoms with Crippen LogP contribution in [0.3, 0.4) is 0 Å². The van der Waals surface area contributed by atoms with Gasteiger partial charge in [0.25, 0.3) is 11.6 Å². The van der Waals surface area contributed by atoms with E-state index in [-0.39, 0.29) is 17.6 Å². The second kappa shape index (κ2) is 7.62. The largest absolute Gasteiger partial charge is 0.329 e. The molecule has 3 rings (SSSR count). The number of thioether (sulfide) groups is 1. The minimum Gasteiger partial charge on any atom is -0.329 e. The summed E-state index contributed by atoms with van der Waals surface area (Å²) in [5.41, 5.74) is 1.24. The van der Waals surface area contributed by atoms with Gasteiger partial charge in [0.2, 0.25) is 0 Å². The Kier molecular flexibility index (Phi) is 5.30. The predicted molar refractivity (Wildman–Crippen MR) is 95.8 cm³/mol. The van der Waals surface area contributed by atoms with E-state index in [1.165, 1.54) is 17.8 Å². The summed E-state index contributed by atoms with van der Waals surface area (Å²) in [5.74, 6) is -0.203. The molecule has 1 atom stereocenters. The molecule has 1 saturated heterocycles. The molecule has 0 bridgehead atoms. The maximum Gasteiger partial charge on any atom is 0.283 e. The molecule has 1 N–H and O–H groups in total. The summed E-state index contributed by atoms with van der Waals surface area (Å²) in [4.78, 5) is 30.3. The number of carbonyl (C=O) groups is 1. The topological polar surface area (TPSA) is 88.4 Å². The van der Waals surface area contributed by atoms with Crippen molar-refractivity contribution < 1.29 is 9.72 Å². The average Bonchev–Trinajstić information content (AvgIpc) is 2.67. The molecule has 0 spiro atoms. The van der Waals surface area contributed by atoms with Crippen molar-refractivity contribution in [2.75, 3.05) is 25.9 Å². The highest BCUT2D eigenvalue weighted by Gasteiger charge is 2.29. The van der Waals surface area contributed by atoms with E-state index in [4.69, 9.17) is 0 Å². The Morgan fingerprint density at radius 1 is 1.44 bits per heavy atom. The van der Waals surface area contributed by atoms with Crippen LogP contribution in [0.1, 0.15) is 22.0 Å². The number of hydrogen-bond acceptors (Lipinski definition) is 6. The van der Waals surface area contributed by atoms with Gasteiger partial charge in [-0.1, -0.05) is 6.07 Å². The zero-order valence-electron chi connectivity index (χ0n) is 13.7. The highest BCUT2D eigenvalue weighted by Crippen LogP contribution is 2.30. The van der Waals surface area contributed by atoms with E-state index in [2.05, 4.69) is 10.3 Å². The first-order chi connectivity index (χ1) is 12.1. The van der Waals surface area contributed by atoms with Crippen LogP contribution in [0.15, 0.2) is 47.6 Å². The number of amides is 1. The van der Waals surface area contributed by atoms with Gasteiger partial charge in [0.15, 0.2) is 0 Å². The Hall–Kier alpha value is -2.45. The molecule has 1 amide bonds. The molecule has 2 heterocycles. The molecule has 1 aromatic carbocycles. The first-order valence-corrected chi connectivity index (χ1v) is 9.08. The number of nitrogens with one attached hydrogen (secondary N) is 1. The summed E-state index contributed by atoms with van der Waals surface area (Å²) in [6, 6.07) is 8.29. The second-order valence-electron chi connectivity index (χ2n) is 5.65. The predicted octanol–water partition coefficient (Wildman–Crippen LogP) is 2.50. The number of nitrogens with zero attached hydrogens (tertiary/aromatic N) is 3. The number of hydrogen-bond donors (Lipinski definition) is 1. The summed E-state index contributed by atoms with van der Waals surface area (Å²) in [6.07, 6.45) is 5.21. The molecule has 1 aliphatic rings. The lowest BCUT2D eigenvalue weighted by Crippen LogP contribution is -2.48. The minimum atomic E-state index is -0.445. The summed E-state index contributed by atoms with van der Waals surface area (Å²) >= 11 is 1.29. The van der Waals surface area contributed by atoms with Gasteiger partial charge < -0.3 is 10.2 Å². The fraction of sp³-hybridized carbons (Fsp3) is 0.294. The van der Waals surface area contributed by atoms with Crippen molar-refractivity contribution in [3.8, 4) is 0 Å². The van der Waals surface area contributed by atoms with Crippen LogP contribution in [0, 0.1) is 10.1 Å². The molecule has 7 nitrogen and oxygen atoms in total. The fourth-order valence-corrected chi connectivity index (χ4v) is 3.50. The normalized spacial score (nSPS) is 17.3. The van der Waals surface area contributed by atoms with Gasteiger partial charge in [-0.3, -0.25) is 19.9 Å². The molecule has 0 saturated carbocycles. The van der Waals surface area contributed by atoms with Crippen molar-refractivity contribution in [3.05, 3.63) is 64.0 Å². The quantitative estimate of drug-likeness (QED) is 0.513. The van der Waals surface area contributed by atoms with Crippen LogP contribution in [0.4, 0.5) is 5.69 Å². The monoisotopic (exact) mass is 358 g/mol. The molecule has 1 fully saturated rings. The number of aromatic nitrogens is 1. The van der Waals surface area contributed by atoms with Gasteiger partial charge >= 0.3 is 0 Å². The zero-order chi connectivity index (χ0) is 17.8. The van der Waals surface area contributed by atoms with E-state index in [0.29, 0.717) is 30.1 Å². The van der Waals surface area contributed by atoms with Gasteiger partial charge in [-0.15, -0.1) is 11.8 Å². The molecule has 130 valence electrons. The van der Waals surface area contributed by atoms with E-state index in [1.54, 1.807) is 35.7 Å². The standard InChI is InChI=1S/C17H18N4O3S/c1-25-16-5-4-12(9-14(16)21(23)24)17(22)20-8-7-19-11-15(20)13-3-2-6-18-10-13/h2-6,9-10,15,19H,7-8,11H2,1H3. The average molecular weight is 358 g/mol. The van der Waals surface area contributed by atoms with Crippen LogP contribution in [0.2, 0.25) is 0 Å². The molecule has 2 aromatic rings. The number of nitro groups is 1. The second-order valence-corrected chi connectivity index (χ2v) is 6.50. The number of rotatable bonds is 4. The molecular formula is C17H18N4O3S. The molecule has 25 heavy (non-hydrogen) atoms. The lowest BCUT2D eigenvalue weighted by atomic mass is 10.0. The van der Waals surface area contributed by atoms with Crippen LogP contribution in [0.25, 0.3) is 0 Å². The van der Waals surface area contributed by atoms with Crippen molar-refractivity contribution in [2.45, 2.75) is 10.9 Å². The van der Waals surface area contributed by atoms with Gasteiger partial charge in [0, 0.05) is 43.7 Å². The van der Waals surface area contributed by atoms with E-state index in [0.717, 1.165) is 5.56 Å². The van der Waals surface area contributed by atoms with E-state index in [1.807, 2.05) is 12.1 Å². The van der Waals surface area contributed by atoms with Gasteiger partial charge in [-0.2, -0.15) is 0 Å².